The molecule has 0 unspecified atom stereocenters. The number of aliphatic hydroxyl groups excluding tert-OH is 17. The molecule has 4 aliphatic carbocycles. The summed E-state index contributed by atoms with van der Waals surface area (Å²) in [4.78, 5) is 0. The number of fused-ring (bicyclic) bond motifs is 5. The minimum absolute atomic E-state index is 0.0122. The van der Waals surface area contributed by atoms with Gasteiger partial charge in [-0.3, -0.25) is 0 Å². The van der Waals surface area contributed by atoms with Gasteiger partial charge in [0.1, 0.15) is 116 Å². The first kappa shape index (κ1) is 69.0. The minimum atomic E-state index is -1.89. The molecule has 27 heteroatoms. The van der Waals surface area contributed by atoms with E-state index in [1.165, 1.54) is 0 Å². The van der Waals surface area contributed by atoms with Crippen LogP contribution in [-0.2, 0) is 47.4 Å². The average Bonchev–Trinajstić information content (AvgIpc) is 1.26. The van der Waals surface area contributed by atoms with Crippen LogP contribution in [0.4, 0.5) is 0 Å². The predicted molar refractivity (Wildman–Crippen MR) is 293 cm³/mol. The number of rotatable bonds is 18. The molecule has 0 bridgehead atoms. The molecule has 4 saturated carbocycles. The van der Waals surface area contributed by atoms with Gasteiger partial charge in [0.2, 0.25) is 0 Å². The molecule has 17 N–H and O–H groups in total. The maximum Gasteiger partial charge on any atom is 0.187 e. The van der Waals surface area contributed by atoms with Crippen molar-refractivity contribution in [1.29, 1.82) is 0 Å². The van der Waals surface area contributed by atoms with Gasteiger partial charge in [-0.2, -0.15) is 0 Å². The first-order valence-corrected chi connectivity index (χ1v) is 30.8. The van der Waals surface area contributed by atoms with Crippen molar-refractivity contribution >= 4 is 0 Å². The summed E-state index contributed by atoms with van der Waals surface area (Å²) in [6, 6.07) is 0. The number of allylic oxidation sites excluding steroid dienone is 2. The summed E-state index contributed by atoms with van der Waals surface area (Å²) in [5, 5.41) is 185. The Balaban J connectivity index is 0.933. The first-order chi connectivity index (χ1) is 40.3. The molecule has 5 aliphatic heterocycles. The monoisotopic (exact) mass is 1240 g/mol. The smallest absolute Gasteiger partial charge is 0.187 e. The highest BCUT2D eigenvalue weighted by Crippen LogP contribution is 2.76. The summed E-state index contributed by atoms with van der Waals surface area (Å²) in [7, 11) is 0. The van der Waals surface area contributed by atoms with Crippen LogP contribution in [-0.4, -0.2) is 285 Å². The van der Waals surface area contributed by atoms with Gasteiger partial charge in [0, 0.05) is 0 Å². The lowest BCUT2D eigenvalue weighted by atomic mass is 9.35. The van der Waals surface area contributed by atoms with E-state index < -0.39 is 209 Å². The fraction of sp³-hybridized carbons (Fsp3) is 0.966. The molecule has 498 valence electrons. The lowest BCUT2D eigenvalue weighted by Crippen LogP contribution is -2.68. The van der Waals surface area contributed by atoms with E-state index in [4.69, 9.17) is 47.4 Å². The lowest BCUT2D eigenvalue weighted by molar-refractivity contribution is -0.395. The van der Waals surface area contributed by atoms with Gasteiger partial charge < -0.3 is 134 Å². The predicted octanol–water partition coefficient (Wildman–Crippen LogP) is -3.74. The van der Waals surface area contributed by atoms with E-state index in [9.17, 15) is 86.8 Å². The van der Waals surface area contributed by atoms with E-state index in [1.807, 2.05) is 20.8 Å². The summed E-state index contributed by atoms with van der Waals surface area (Å²) < 4.78 is 61.1. The van der Waals surface area contributed by atoms with Crippen LogP contribution < -0.4 is 0 Å². The van der Waals surface area contributed by atoms with Gasteiger partial charge in [0.15, 0.2) is 31.5 Å². The Morgan fingerprint density at radius 3 is 1.59 bits per heavy atom. The number of hydrogen-bond donors (Lipinski definition) is 17. The van der Waals surface area contributed by atoms with Crippen LogP contribution in [0.3, 0.4) is 0 Å². The second-order valence-electron chi connectivity index (χ2n) is 28.1. The molecule has 0 aromatic carbocycles. The van der Waals surface area contributed by atoms with Gasteiger partial charge in [-0.25, -0.2) is 0 Å². The Morgan fingerprint density at radius 2 is 1.01 bits per heavy atom. The molecule has 5 saturated heterocycles. The van der Waals surface area contributed by atoms with Crippen LogP contribution in [0.25, 0.3) is 0 Å². The Hall–Kier alpha value is -1.34. The molecule has 9 rings (SSSR count). The van der Waals surface area contributed by atoms with Crippen molar-refractivity contribution in [1.82, 2.24) is 0 Å². The van der Waals surface area contributed by atoms with E-state index in [1.54, 1.807) is 0 Å². The summed E-state index contributed by atoms with van der Waals surface area (Å²) in [6.07, 6.45) is -33.5. The maximum atomic E-state index is 12.9. The summed E-state index contributed by atoms with van der Waals surface area (Å²) in [6.45, 7) is 13.8. The quantitative estimate of drug-likeness (QED) is 0.0463. The molecule has 0 amide bonds. The van der Waals surface area contributed by atoms with Crippen LogP contribution in [0.15, 0.2) is 11.6 Å². The summed E-state index contributed by atoms with van der Waals surface area (Å²) in [5.74, 6) is -0.656. The van der Waals surface area contributed by atoms with Crippen molar-refractivity contribution in [3.05, 3.63) is 11.6 Å². The highest BCUT2D eigenvalue weighted by molar-refractivity contribution is 5.21. The molecule has 0 spiro atoms. The zero-order chi connectivity index (χ0) is 63.1. The second kappa shape index (κ2) is 26.6. The zero-order valence-corrected chi connectivity index (χ0v) is 50.5. The summed E-state index contributed by atoms with van der Waals surface area (Å²) in [5.41, 5.74) is -1.87. The van der Waals surface area contributed by atoms with Gasteiger partial charge in [0.25, 0.3) is 0 Å². The SMILES string of the molecule is CC(C)=CCC[C@](C)(O[C@@H]1O[C@H](CO[C@@H]2O[C@H](CO)[C@@H](O)[C@H](O)[C@H]2O)[C@@H](O)[C@H](O)[C@H]1O)[C@H]1CC[C@]2(C)[C@@H]1[C@H](O)C[C@@H]1[C@@]3(C)CC[C@H](O[C@@H]4O[C@H](CO)[C@@H](O)[C@H](O)[C@H]4O[C@H]4O[C@@H](CO)[C@H](O)[C@@H](O)[C@@H]4O[C@@H]4OC[C@@H](O)[C@H](O)[C@H]4O)C(C)(C)[C@H]3CC[C@]12C. The standard InChI is InChI=1S/C59H100O27/c1-24(2)10-9-14-59(8,86-52-47(76)42(71)40(69)31(82-52)23-78-50-46(75)41(70)37(66)28(19-60)79-50)25-11-16-58(7)35(25)26(63)18-33-56(5)15-13-34(55(3,4)32(56)12-17-57(33,58)6)83-53-48(43(72)38(67)29(20-61)80-53)85-54-49(44(73)39(68)30(21-62)81-54)84-51-45(74)36(65)27(64)22-77-51/h10,25-54,60-76H,9,11-23H2,1-8H3/t25-,26+,27+,28+,29+,30-,31+,32+,33+,34-,35-,36-,37+,38+,39-,40+,41-,42-,43-,44+,45+,46+,47+,48+,49-,50+,51-,52-,53-,54+,56-,57+,58+,59-/m0/s1. The number of ether oxygens (including phenoxy) is 10. The molecule has 0 aromatic heterocycles. The van der Waals surface area contributed by atoms with Crippen LogP contribution in [0, 0.1) is 45.3 Å². The van der Waals surface area contributed by atoms with Crippen molar-refractivity contribution in [2.24, 2.45) is 45.3 Å². The molecule has 27 nitrogen and oxygen atoms in total. The van der Waals surface area contributed by atoms with Crippen molar-refractivity contribution < 1.29 is 134 Å². The van der Waals surface area contributed by atoms with Gasteiger partial charge >= 0.3 is 0 Å². The average molecular weight is 1240 g/mol. The van der Waals surface area contributed by atoms with Gasteiger partial charge in [0.05, 0.1) is 50.8 Å². The molecule has 9 fully saturated rings. The van der Waals surface area contributed by atoms with Crippen molar-refractivity contribution in [2.75, 3.05) is 33.0 Å². The maximum absolute atomic E-state index is 12.9. The Morgan fingerprint density at radius 1 is 0.512 bits per heavy atom. The molecule has 5 heterocycles. The van der Waals surface area contributed by atoms with Gasteiger partial charge in [-0.15, -0.1) is 0 Å². The van der Waals surface area contributed by atoms with Gasteiger partial charge in [-0.05, 0) is 124 Å². The first-order valence-electron chi connectivity index (χ1n) is 30.8. The summed E-state index contributed by atoms with van der Waals surface area (Å²) >= 11 is 0. The lowest BCUT2D eigenvalue weighted by Gasteiger charge is -2.71. The fourth-order valence-electron chi connectivity index (χ4n) is 17.4. The van der Waals surface area contributed by atoms with Crippen molar-refractivity contribution in [2.45, 2.75) is 278 Å². The fourth-order valence-corrected chi connectivity index (χ4v) is 17.4. The molecule has 9 aliphatic rings. The second-order valence-corrected chi connectivity index (χ2v) is 28.1. The largest absolute Gasteiger partial charge is 0.394 e. The molecule has 86 heavy (non-hydrogen) atoms. The number of aliphatic hydroxyl groups is 17. The van der Waals surface area contributed by atoms with Crippen molar-refractivity contribution in [3.8, 4) is 0 Å². The number of hydrogen-bond acceptors (Lipinski definition) is 27. The van der Waals surface area contributed by atoms with Crippen LogP contribution in [0.5, 0.6) is 0 Å². The van der Waals surface area contributed by atoms with E-state index >= 15 is 0 Å². The van der Waals surface area contributed by atoms with Crippen LogP contribution in [0.2, 0.25) is 0 Å². The normalized spacial score (nSPS) is 52.9. The van der Waals surface area contributed by atoms with Crippen LogP contribution >= 0.6 is 0 Å². The molecule has 34 atom stereocenters. The highest BCUT2D eigenvalue weighted by Gasteiger charge is 2.72. The molecular formula is C59H100O27. The van der Waals surface area contributed by atoms with Crippen molar-refractivity contribution in [3.63, 3.8) is 0 Å². The third-order valence-corrected chi connectivity index (χ3v) is 22.6. The molecular weight excluding hydrogens is 1140 g/mol. The van der Waals surface area contributed by atoms with Crippen LogP contribution in [0.1, 0.15) is 113 Å². The third-order valence-electron chi connectivity index (χ3n) is 22.6. The minimum Gasteiger partial charge on any atom is -0.394 e. The highest BCUT2D eigenvalue weighted by atomic mass is 16.8. The Bertz CT molecular complexity index is 2260. The van der Waals surface area contributed by atoms with E-state index in [0.717, 1.165) is 24.8 Å². The van der Waals surface area contributed by atoms with Gasteiger partial charge in [-0.1, -0.05) is 46.3 Å². The Kier molecular flexibility index (Phi) is 21.3. The van der Waals surface area contributed by atoms with E-state index in [0.29, 0.717) is 38.5 Å². The van der Waals surface area contributed by atoms with E-state index in [2.05, 4.69) is 40.7 Å². The topological polar surface area (TPSA) is 436 Å². The van der Waals surface area contributed by atoms with E-state index in [-0.39, 0.29) is 34.5 Å². The Labute approximate surface area is 501 Å². The molecule has 0 radical (unpaired) electrons. The zero-order valence-electron chi connectivity index (χ0n) is 50.5. The third kappa shape index (κ3) is 12.3. The molecule has 0 aromatic rings.